The number of rotatable bonds is 4. The fourth-order valence-corrected chi connectivity index (χ4v) is 2.57. The molecule has 1 aromatic heterocycles. The van der Waals surface area contributed by atoms with Crippen molar-refractivity contribution >= 4 is 17.3 Å². The number of anilines is 1. The number of nitro groups is 1. The standard InChI is InChI=1S/C17H9F6N5O3/c18-16(19,20)10-4-11(17(21,22)23)6-12(5-10)26-15(29)9-1-2-13(14(3-9)28(30)31)27-8-24-7-25-27/h1-8H,(H,26,29). The molecule has 162 valence electrons. The zero-order chi connectivity index (χ0) is 23.0. The monoisotopic (exact) mass is 445 g/mol. The number of hydrogen-bond donors (Lipinski definition) is 1. The van der Waals surface area contributed by atoms with Crippen LogP contribution in [0.2, 0.25) is 0 Å². The van der Waals surface area contributed by atoms with Gasteiger partial charge < -0.3 is 5.32 Å². The number of nitrogens with zero attached hydrogens (tertiary/aromatic N) is 4. The van der Waals surface area contributed by atoms with Gasteiger partial charge in [0.05, 0.1) is 16.1 Å². The Balaban J connectivity index is 1.98. The summed E-state index contributed by atoms with van der Waals surface area (Å²) in [7, 11) is 0. The van der Waals surface area contributed by atoms with Gasteiger partial charge in [0, 0.05) is 17.3 Å². The first-order valence-corrected chi connectivity index (χ1v) is 8.10. The summed E-state index contributed by atoms with van der Waals surface area (Å²) in [6, 6.07) is 3.60. The zero-order valence-electron chi connectivity index (χ0n) is 14.9. The Morgan fingerprint density at radius 3 is 2.10 bits per heavy atom. The normalized spacial score (nSPS) is 11.9. The van der Waals surface area contributed by atoms with Crippen LogP contribution in [0.4, 0.5) is 37.7 Å². The fraction of sp³-hybridized carbons (Fsp3) is 0.118. The molecule has 1 N–H and O–H groups in total. The number of nitro benzene ring substituents is 1. The van der Waals surface area contributed by atoms with Crippen LogP contribution in [0.15, 0.2) is 49.1 Å². The van der Waals surface area contributed by atoms with Crippen LogP contribution in [-0.4, -0.2) is 25.6 Å². The van der Waals surface area contributed by atoms with Crippen molar-refractivity contribution in [1.82, 2.24) is 14.8 Å². The van der Waals surface area contributed by atoms with Crippen molar-refractivity contribution < 1.29 is 36.1 Å². The van der Waals surface area contributed by atoms with Crippen LogP contribution < -0.4 is 5.32 Å². The van der Waals surface area contributed by atoms with Crippen LogP contribution in [0.1, 0.15) is 21.5 Å². The van der Waals surface area contributed by atoms with Gasteiger partial charge in [-0.1, -0.05) is 0 Å². The Labute approximate surface area is 168 Å². The predicted molar refractivity (Wildman–Crippen MR) is 92.4 cm³/mol. The Kier molecular flexibility index (Phi) is 5.40. The number of alkyl halides is 6. The van der Waals surface area contributed by atoms with Crippen molar-refractivity contribution in [3.05, 3.63) is 75.9 Å². The van der Waals surface area contributed by atoms with Crippen molar-refractivity contribution in [3.63, 3.8) is 0 Å². The van der Waals surface area contributed by atoms with E-state index in [2.05, 4.69) is 10.1 Å². The summed E-state index contributed by atoms with van der Waals surface area (Å²) in [6.07, 6.45) is -7.93. The third kappa shape index (κ3) is 4.79. The lowest BCUT2D eigenvalue weighted by molar-refractivity contribution is -0.384. The van der Waals surface area contributed by atoms with E-state index in [1.54, 1.807) is 0 Å². The van der Waals surface area contributed by atoms with Crippen LogP contribution in [0.5, 0.6) is 0 Å². The second kappa shape index (κ2) is 7.70. The molecule has 0 fully saturated rings. The molecule has 0 atom stereocenters. The minimum Gasteiger partial charge on any atom is -0.322 e. The molecule has 0 bridgehead atoms. The minimum absolute atomic E-state index is 0.0579. The Hall–Kier alpha value is -3.97. The molecule has 31 heavy (non-hydrogen) atoms. The van der Waals surface area contributed by atoms with Crippen molar-refractivity contribution in [3.8, 4) is 5.69 Å². The summed E-state index contributed by atoms with van der Waals surface area (Å²) in [5, 5.41) is 17.0. The summed E-state index contributed by atoms with van der Waals surface area (Å²) in [6.45, 7) is 0. The first kappa shape index (κ1) is 21.7. The van der Waals surface area contributed by atoms with E-state index in [-0.39, 0.29) is 17.3 Å². The second-order valence-electron chi connectivity index (χ2n) is 6.05. The third-order valence-corrected chi connectivity index (χ3v) is 3.95. The van der Waals surface area contributed by atoms with Crippen LogP contribution in [-0.2, 0) is 12.4 Å². The maximum Gasteiger partial charge on any atom is 0.416 e. The molecule has 0 unspecified atom stereocenters. The lowest BCUT2D eigenvalue weighted by Gasteiger charge is -2.15. The molecule has 1 amide bonds. The van der Waals surface area contributed by atoms with Gasteiger partial charge in [-0.3, -0.25) is 14.9 Å². The molecule has 2 aromatic carbocycles. The van der Waals surface area contributed by atoms with Crippen molar-refractivity contribution in [1.29, 1.82) is 0 Å². The summed E-state index contributed by atoms with van der Waals surface area (Å²) >= 11 is 0. The van der Waals surface area contributed by atoms with Gasteiger partial charge in [-0.15, -0.1) is 0 Å². The highest BCUT2D eigenvalue weighted by Gasteiger charge is 2.37. The van der Waals surface area contributed by atoms with Gasteiger partial charge in [-0.25, -0.2) is 9.67 Å². The maximum atomic E-state index is 12.9. The van der Waals surface area contributed by atoms with E-state index >= 15 is 0 Å². The minimum atomic E-state index is -5.10. The van der Waals surface area contributed by atoms with E-state index in [1.165, 1.54) is 0 Å². The average Bonchev–Trinajstić information content (AvgIpc) is 3.20. The molecule has 0 saturated carbocycles. The number of hydrogen-bond acceptors (Lipinski definition) is 5. The number of nitrogens with one attached hydrogen (secondary N) is 1. The molecule has 0 aliphatic rings. The summed E-state index contributed by atoms with van der Waals surface area (Å²) < 4.78 is 78.7. The van der Waals surface area contributed by atoms with E-state index in [9.17, 15) is 41.3 Å². The molecule has 14 heteroatoms. The van der Waals surface area contributed by atoms with Gasteiger partial charge in [-0.2, -0.15) is 31.4 Å². The van der Waals surface area contributed by atoms with E-state index in [4.69, 9.17) is 0 Å². The molecule has 3 aromatic rings. The highest BCUT2D eigenvalue weighted by Crippen LogP contribution is 2.37. The van der Waals surface area contributed by atoms with E-state index in [1.807, 2.05) is 5.32 Å². The maximum absolute atomic E-state index is 12.9. The SMILES string of the molecule is O=C(Nc1cc(C(F)(F)F)cc(C(F)(F)F)c1)c1ccc(-n2cncn2)c([N+](=O)[O-])c1. The van der Waals surface area contributed by atoms with Crippen molar-refractivity contribution in [2.75, 3.05) is 5.32 Å². The Morgan fingerprint density at radius 1 is 1.00 bits per heavy atom. The van der Waals surface area contributed by atoms with Gasteiger partial charge >= 0.3 is 12.4 Å². The van der Waals surface area contributed by atoms with E-state index in [0.29, 0.717) is 12.1 Å². The van der Waals surface area contributed by atoms with Crippen LogP contribution in [0.25, 0.3) is 5.69 Å². The molecular formula is C17H9F6N5O3. The van der Waals surface area contributed by atoms with Gasteiger partial charge in [0.2, 0.25) is 0 Å². The van der Waals surface area contributed by atoms with Gasteiger partial charge in [0.25, 0.3) is 11.6 Å². The highest BCUT2D eigenvalue weighted by molar-refractivity contribution is 6.05. The molecule has 3 rings (SSSR count). The fourth-order valence-electron chi connectivity index (χ4n) is 2.57. The number of benzene rings is 2. The number of amides is 1. The zero-order valence-corrected chi connectivity index (χ0v) is 14.9. The highest BCUT2D eigenvalue weighted by atomic mass is 19.4. The van der Waals surface area contributed by atoms with Crippen LogP contribution in [0, 0.1) is 10.1 Å². The van der Waals surface area contributed by atoms with Crippen LogP contribution in [0.3, 0.4) is 0 Å². The number of carbonyl (C=O) groups is 1. The van der Waals surface area contributed by atoms with Gasteiger partial charge in [-0.05, 0) is 30.3 Å². The Morgan fingerprint density at radius 2 is 1.61 bits per heavy atom. The van der Waals surface area contributed by atoms with Crippen LogP contribution >= 0.6 is 0 Å². The van der Waals surface area contributed by atoms with E-state index in [0.717, 1.165) is 35.5 Å². The predicted octanol–water partition coefficient (Wildman–Crippen LogP) is 4.47. The Bertz CT molecular complexity index is 1110. The largest absolute Gasteiger partial charge is 0.416 e. The summed E-state index contributed by atoms with van der Waals surface area (Å²) in [4.78, 5) is 26.5. The lowest BCUT2D eigenvalue weighted by atomic mass is 10.1. The van der Waals surface area contributed by atoms with Gasteiger partial charge in [0.1, 0.15) is 18.3 Å². The molecule has 0 radical (unpaired) electrons. The molecule has 0 aliphatic heterocycles. The first-order chi connectivity index (χ1) is 14.4. The molecule has 0 spiro atoms. The first-order valence-electron chi connectivity index (χ1n) is 8.10. The second-order valence-corrected chi connectivity index (χ2v) is 6.05. The number of halogens is 6. The molecule has 8 nitrogen and oxygen atoms in total. The quantitative estimate of drug-likeness (QED) is 0.363. The number of carbonyl (C=O) groups excluding carboxylic acids is 1. The molecular weight excluding hydrogens is 436 g/mol. The lowest BCUT2D eigenvalue weighted by Crippen LogP contribution is -2.16. The van der Waals surface area contributed by atoms with E-state index < -0.39 is 45.7 Å². The van der Waals surface area contributed by atoms with Gasteiger partial charge in [0.15, 0.2) is 0 Å². The molecule has 1 heterocycles. The average molecular weight is 445 g/mol. The number of aromatic nitrogens is 3. The smallest absolute Gasteiger partial charge is 0.322 e. The molecule has 0 saturated heterocycles. The summed E-state index contributed by atoms with van der Waals surface area (Å²) in [5.41, 5.74) is -5.04. The van der Waals surface area contributed by atoms with Crippen molar-refractivity contribution in [2.45, 2.75) is 12.4 Å². The topological polar surface area (TPSA) is 103 Å². The van der Waals surface area contributed by atoms with Crippen molar-refractivity contribution in [2.24, 2.45) is 0 Å². The molecule has 0 aliphatic carbocycles. The summed E-state index contributed by atoms with van der Waals surface area (Å²) in [5.74, 6) is -1.15. The third-order valence-electron chi connectivity index (χ3n) is 3.95.